The van der Waals surface area contributed by atoms with Gasteiger partial charge in [0.2, 0.25) is 0 Å². The number of nitrogens with one attached hydrogen (secondary N) is 2. The lowest BCUT2D eigenvalue weighted by atomic mass is 10.0. The second-order valence-corrected chi connectivity index (χ2v) is 10.2. The van der Waals surface area contributed by atoms with Gasteiger partial charge in [0.1, 0.15) is 0 Å². The highest BCUT2D eigenvalue weighted by molar-refractivity contribution is 7.10. The minimum Gasteiger partial charge on any atom is -0.379 e. The number of carbonyl (C=O) groups excluding carboxylic acids is 2. The van der Waals surface area contributed by atoms with Crippen LogP contribution in [0.5, 0.6) is 0 Å². The fourth-order valence-electron chi connectivity index (χ4n) is 4.83. The van der Waals surface area contributed by atoms with Gasteiger partial charge in [-0.25, -0.2) is 0 Å². The molecule has 1 aromatic carbocycles. The fraction of sp³-hybridized carbons (Fsp3) is 0.538. The molecular weight excluding hydrogens is 462 g/mol. The molecule has 4 rings (SSSR count). The van der Waals surface area contributed by atoms with Gasteiger partial charge in [-0.15, -0.1) is 11.3 Å². The summed E-state index contributed by atoms with van der Waals surface area (Å²) in [6, 6.07) is 14.6. The summed E-state index contributed by atoms with van der Waals surface area (Å²) in [5.74, 6) is -1.13. The van der Waals surface area contributed by atoms with Gasteiger partial charge >= 0.3 is 11.8 Å². The second-order valence-electron chi connectivity index (χ2n) is 9.23. The van der Waals surface area contributed by atoms with Gasteiger partial charge in [-0.2, -0.15) is 0 Å². The zero-order valence-electron chi connectivity index (χ0n) is 20.5. The SMILES string of the molecule is C[C@H](NC(=O)C(=O)NCCN1CCOCC1)[C@@H](c1cccs1)N1CCN(Cc2ccccc2)CC1. The number of thiophene rings is 1. The molecule has 2 aliphatic rings. The van der Waals surface area contributed by atoms with Crippen molar-refractivity contribution < 1.29 is 14.3 Å². The Labute approximate surface area is 212 Å². The van der Waals surface area contributed by atoms with Crippen LogP contribution in [0.4, 0.5) is 0 Å². The Morgan fingerprint density at radius 3 is 2.37 bits per heavy atom. The number of benzene rings is 1. The molecule has 2 saturated heterocycles. The first-order valence-corrected chi connectivity index (χ1v) is 13.4. The van der Waals surface area contributed by atoms with E-state index in [9.17, 15) is 9.59 Å². The molecule has 2 N–H and O–H groups in total. The molecule has 2 fully saturated rings. The van der Waals surface area contributed by atoms with Gasteiger partial charge in [0.05, 0.1) is 19.3 Å². The Hall–Kier alpha value is -2.30. The standard InChI is InChI=1S/C26H37N5O3S/c1-21(28-26(33)25(32)27-9-10-29-15-17-34-18-16-29)24(23-8-5-19-35-23)31-13-11-30(12-14-31)20-22-6-3-2-4-7-22/h2-8,19,21,24H,9-18,20H2,1H3,(H,27,32)(H,28,33)/t21-,24-/m0/s1. The van der Waals surface area contributed by atoms with Crippen LogP contribution in [-0.2, 0) is 20.9 Å². The van der Waals surface area contributed by atoms with Crippen molar-refractivity contribution in [2.75, 3.05) is 65.6 Å². The molecule has 0 saturated carbocycles. The summed E-state index contributed by atoms with van der Waals surface area (Å²) in [7, 11) is 0. The normalized spacial score (nSPS) is 19.7. The number of morpholine rings is 1. The molecule has 2 aromatic rings. The lowest BCUT2D eigenvalue weighted by molar-refractivity contribution is -0.139. The highest BCUT2D eigenvalue weighted by atomic mass is 32.1. The number of hydrogen-bond acceptors (Lipinski definition) is 7. The lowest BCUT2D eigenvalue weighted by Gasteiger charge is -2.41. The molecule has 2 aliphatic heterocycles. The summed E-state index contributed by atoms with van der Waals surface area (Å²) in [6.45, 7) is 11.1. The maximum Gasteiger partial charge on any atom is 0.309 e. The van der Waals surface area contributed by atoms with Crippen molar-refractivity contribution in [1.82, 2.24) is 25.3 Å². The van der Waals surface area contributed by atoms with Crippen LogP contribution in [0.25, 0.3) is 0 Å². The number of piperazine rings is 1. The van der Waals surface area contributed by atoms with Gasteiger partial charge in [-0.3, -0.25) is 24.3 Å². The summed E-state index contributed by atoms with van der Waals surface area (Å²) >= 11 is 1.70. The molecule has 0 radical (unpaired) electrons. The molecule has 0 spiro atoms. The molecule has 190 valence electrons. The lowest BCUT2D eigenvalue weighted by Crippen LogP contribution is -2.53. The number of hydrogen-bond donors (Lipinski definition) is 2. The van der Waals surface area contributed by atoms with Crippen LogP contribution in [0.15, 0.2) is 47.8 Å². The molecular formula is C26H37N5O3S. The number of carbonyl (C=O) groups is 2. The highest BCUT2D eigenvalue weighted by Crippen LogP contribution is 2.29. The van der Waals surface area contributed by atoms with Crippen molar-refractivity contribution in [2.24, 2.45) is 0 Å². The fourth-order valence-corrected chi connectivity index (χ4v) is 5.79. The molecule has 35 heavy (non-hydrogen) atoms. The molecule has 1 aromatic heterocycles. The Morgan fingerprint density at radius 1 is 0.943 bits per heavy atom. The first-order valence-electron chi connectivity index (χ1n) is 12.5. The van der Waals surface area contributed by atoms with Crippen molar-refractivity contribution in [3.8, 4) is 0 Å². The second kappa shape index (κ2) is 13.1. The van der Waals surface area contributed by atoms with Crippen molar-refractivity contribution in [2.45, 2.75) is 25.6 Å². The van der Waals surface area contributed by atoms with Gasteiger partial charge in [-0.05, 0) is 23.9 Å². The zero-order chi connectivity index (χ0) is 24.5. The van der Waals surface area contributed by atoms with E-state index < -0.39 is 11.8 Å². The van der Waals surface area contributed by atoms with Crippen LogP contribution in [-0.4, -0.2) is 98.1 Å². The van der Waals surface area contributed by atoms with Gasteiger partial charge < -0.3 is 15.4 Å². The first-order chi connectivity index (χ1) is 17.1. The van der Waals surface area contributed by atoms with Crippen LogP contribution < -0.4 is 10.6 Å². The van der Waals surface area contributed by atoms with Gasteiger partial charge in [0.15, 0.2) is 0 Å². The Kier molecular flexibility index (Phi) is 9.67. The van der Waals surface area contributed by atoms with E-state index in [1.165, 1.54) is 10.4 Å². The first kappa shape index (κ1) is 25.8. The maximum absolute atomic E-state index is 12.7. The van der Waals surface area contributed by atoms with Crippen LogP contribution in [0, 0.1) is 0 Å². The van der Waals surface area contributed by atoms with Crippen LogP contribution in [0.1, 0.15) is 23.4 Å². The van der Waals surface area contributed by atoms with Gasteiger partial charge in [-0.1, -0.05) is 36.4 Å². The summed E-state index contributed by atoms with van der Waals surface area (Å²) in [6.07, 6.45) is 0. The topological polar surface area (TPSA) is 77.1 Å². The predicted molar refractivity (Wildman–Crippen MR) is 138 cm³/mol. The molecule has 9 heteroatoms. The van der Waals surface area contributed by atoms with E-state index in [0.29, 0.717) is 6.54 Å². The van der Waals surface area contributed by atoms with Crippen LogP contribution in [0.2, 0.25) is 0 Å². The van der Waals surface area contributed by atoms with Crippen molar-refractivity contribution >= 4 is 23.2 Å². The average molecular weight is 500 g/mol. The third-order valence-corrected chi connectivity index (χ3v) is 7.68. The quantitative estimate of drug-likeness (QED) is 0.510. The van der Waals surface area contributed by atoms with Crippen molar-refractivity contribution in [1.29, 1.82) is 0 Å². The van der Waals surface area contributed by atoms with E-state index >= 15 is 0 Å². The predicted octanol–water partition coefficient (Wildman–Crippen LogP) is 1.56. The maximum atomic E-state index is 12.7. The third kappa shape index (κ3) is 7.59. The molecule has 0 aliphatic carbocycles. The van der Waals surface area contributed by atoms with E-state index in [0.717, 1.165) is 65.6 Å². The van der Waals surface area contributed by atoms with E-state index in [2.05, 4.69) is 61.0 Å². The van der Waals surface area contributed by atoms with E-state index in [1.54, 1.807) is 11.3 Å². The Balaban J connectivity index is 1.28. The number of nitrogens with zero attached hydrogens (tertiary/aromatic N) is 3. The van der Waals surface area contributed by atoms with E-state index in [-0.39, 0.29) is 12.1 Å². The largest absolute Gasteiger partial charge is 0.379 e. The molecule has 2 amide bonds. The molecule has 0 bridgehead atoms. The highest BCUT2D eigenvalue weighted by Gasteiger charge is 2.31. The van der Waals surface area contributed by atoms with E-state index in [1.807, 2.05) is 19.1 Å². The van der Waals surface area contributed by atoms with Gasteiger partial charge in [0.25, 0.3) is 0 Å². The molecule has 3 heterocycles. The zero-order valence-corrected chi connectivity index (χ0v) is 21.3. The minimum atomic E-state index is -0.567. The van der Waals surface area contributed by atoms with Crippen molar-refractivity contribution in [3.63, 3.8) is 0 Å². The smallest absolute Gasteiger partial charge is 0.309 e. The summed E-state index contributed by atoms with van der Waals surface area (Å²) in [4.78, 5) is 33.5. The molecule has 0 unspecified atom stereocenters. The summed E-state index contributed by atoms with van der Waals surface area (Å²) in [5.41, 5.74) is 1.33. The monoisotopic (exact) mass is 499 g/mol. The minimum absolute atomic E-state index is 0.0407. The Bertz CT molecular complexity index is 912. The third-order valence-electron chi connectivity index (χ3n) is 6.74. The van der Waals surface area contributed by atoms with E-state index in [4.69, 9.17) is 4.74 Å². The van der Waals surface area contributed by atoms with Crippen molar-refractivity contribution in [3.05, 3.63) is 58.3 Å². The summed E-state index contributed by atoms with van der Waals surface area (Å²) < 4.78 is 5.35. The number of rotatable bonds is 9. The number of amides is 2. The molecule has 2 atom stereocenters. The summed E-state index contributed by atoms with van der Waals surface area (Å²) in [5, 5.41) is 7.81. The average Bonchev–Trinajstić information content (AvgIpc) is 3.41. The molecule has 8 nitrogen and oxygen atoms in total. The van der Waals surface area contributed by atoms with Gasteiger partial charge in [0, 0.05) is 69.8 Å². The Morgan fingerprint density at radius 2 is 1.69 bits per heavy atom. The van der Waals surface area contributed by atoms with Crippen LogP contribution in [0.3, 0.4) is 0 Å². The number of ether oxygens (including phenoxy) is 1. The van der Waals surface area contributed by atoms with Crippen LogP contribution >= 0.6 is 11.3 Å².